The Balaban J connectivity index is 1.44. The highest BCUT2D eigenvalue weighted by atomic mass is 16.5. The number of rotatable bonds is 9. The second-order valence-corrected chi connectivity index (χ2v) is 7.76. The summed E-state index contributed by atoms with van der Waals surface area (Å²) >= 11 is 0. The summed E-state index contributed by atoms with van der Waals surface area (Å²) in [7, 11) is 4.85. The number of benzene rings is 2. The van der Waals surface area contributed by atoms with Gasteiger partial charge in [-0.25, -0.2) is 0 Å². The lowest BCUT2D eigenvalue weighted by Gasteiger charge is -2.35. The topological polar surface area (TPSA) is 80.3 Å². The minimum atomic E-state index is -0.513. The predicted molar refractivity (Wildman–Crippen MR) is 119 cm³/mol. The molecule has 168 valence electrons. The van der Waals surface area contributed by atoms with Crippen molar-refractivity contribution in [2.45, 2.75) is 24.9 Å². The van der Waals surface area contributed by atoms with Gasteiger partial charge in [-0.15, -0.1) is 0 Å². The van der Waals surface area contributed by atoms with Gasteiger partial charge in [-0.05, 0) is 54.8 Å². The summed E-state index contributed by atoms with van der Waals surface area (Å²) in [5, 5.41) is 13.6. The normalized spacial score (nSPS) is 19.0. The van der Waals surface area contributed by atoms with Crippen LogP contribution in [0.4, 0.5) is 0 Å². The predicted octanol–water partition coefficient (Wildman–Crippen LogP) is 2.22. The number of carbonyl (C=O) groups excluding carboxylic acids is 1. The van der Waals surface area contributed by atoms with Crippen LogP contribution < -0.4 is 19.5 Å². The van der Waals surface area contributed by atoms with Crippen LogP contribution in [-0.2, 0) is 11.2 Å². The fraction of sp³-hybridized carbons (Fsp3) is 0.458. The van der Waals surface area contributed by atoms with E-state index in [-0.39, 0.29) is 18.4 Å². The third-order valence-electron chi connectivity index (χ3n) is 5.74. The van der Waals surface area contributed by atoms with Crippen LogP contribution in [0.2, 0.25) is 0 Å². The molecule has 1 amide bonds. The zero-order chi connectivity index (χ0) is 22.2. The number of aliphatic hydroxyl groups is 1. The van der Waals surface area contributed by atoms with Gasteiger partial charge in [0.15, 0.2) is 11.5 Å². The molecule has 7 nitrogen and oxygen atoms in total. The van der Waals surface area contributed by atoms with Crippen LogP contribution in [0.3, 0.4) is 0 Å². The van der Waals surface area contributed by atoms with E-state index >= 15 is 0 Å². The van der Waals surface area contributed by atoms with Gasteiger partial charge >= 0.3 is 0 Å². The molecule has 7 heteroatoms. The molecule has 1 aliphatic rings. The van der Waals surface area contributed by atoms with E-state index in [0.717, 1.165) is 29.8 Å². The molecule has 3 rings (SSSR count). The van der Waals surface area contributed by atoms with Crippen LogP contribution in [0, 0.1) is 0 Å². The quantitative estimate of drug-likeness (QED) is 0.638. The third-order valence-corrected chi connectivity index (χ3v) is 5.74. The molecule has 1 fully saturated rings. The van der Waals surface area contributed by atoms with Crippen molar-refractivity contribution < 1.29 is 24.1 Å². The molecule has 1 saturated heterocycles. The van der Waals surface area contributed by atoms with E-state index in [0.29, 0.717) is 31.0 Å². The van der Waals surface area contributed by atoms with Gasteiger partial charge in [0.05, 0.1) is 34.0 Å². The van der Waals surface area contributed by atoms with E-state index in [1.165, 1.54) is 0 Å². The number of hydrogen-bond donors (Lipinski definition) is 2. The fourth-order valence-electron chi connectivity index (χ4n) is 4.04. The van der Waals surface area contributed by atoms with Crippen molar-refractivity contribution >= 4 is 5.91 Å². The molecule has 1 heterocycles. The Morgan fingerprint density at radius 3 is 2.61 bits per heavy atom. The molecule has 0 unspecified atom stereocenters. The van der Waals surface area contributed by atoms with Crippen molar-refractivity contribution in [3.63, 3.8) is 0 Å². The smallest absolute Gasteiger partial charge is 0.234 e. The maximum absolute atomic E-state index is 12.4. The Morgan fingerprint density at radius 2 is 1.90 bits per heavy atom. The third kappa shape index (κ3) is 6.12. The van der Waals surface area contributed by atoms with E-state index in [9.17, 15) is 9.90 Å². The first-order valence-corrected chi connectivity index (χ1v) is 10.6. The van der Waals surface area contributed by atoms with Crippen LogP contribution in [0.1, 0.15) is 23.5 Å². The summed E-state index contributed by atoms with van der Waals surface area (Å²) in [5.41, 5.74) is 2.14. The molecule has 0 aromatic heterocycles. The summed E-state index contributed by atoms with van der Waals surface area (Å²) in [6.45, 7) is 2.07. The molecule has 31 heavy (non-hydrogen) atoms. The molecule has 0 spiro atoms. The van der Waals surface area contributed by atoms with E-state index < -0.39 is 6.10 Å². The van der Waals surface area contributed by atoms with Gasteiger partial charge in [0.25, 0.3) is 0 Å². The lowest BCUT2D eigenvalue weighted by Crippen LogP contribution is -2.47. The Labute approximate surface area is 183 Å². The highest BCUT2D eigenvalue weighted by Crippen LogP contribution is 2.30. The Hall–Kier alpha value is -2.77. The van der Waals surface area contributed by atoms with Gasteiger partial charge in [0, 0.05) is 19.0 Å². The van der Waals surface area contributed by atoms with Gasteiger partial charge in [0.1, 0.15) is 5.75 Å². The first kappa shape index (κ1) is 22.9. The van der Waals surface area contributed by atoms with Crippen LogP contribution in [0.15, 0.2) is 42.5 Å². The Morgan fingerprint density at radius 1 is 1.10 bits per heavy atom. The van der Waals surface area contributed by atoms with Crippen molar-refractivity contribution in [2.24, 2.45) is 0 Å². The standard InChI is InChI=1S/C24H32N2O5/c1-29-19-6-4-5-18(14-19)20-10-12-26(15-21(20)27)16-24(28)25-11-9-17-7-8-22(30-2)23(13-17)31-3/h4-8,13-14,20-21,27H,9-12,15-16H2,1-3H3,(H,25,28)/t20-,21-/m0/s1. The second-order valence-electron chi connectivity index (χ2n) is 7.76. The molecular weight excluding hydrogens is 396 g/mol. The van der Waals surface area contributed by atoms with E-state index in [1.54, 1.807) is 21.3 Å². The highest BCUT2D eigenvalue weighted by molar-refractivity contribution is 5.78. The zero-order valence-electron chi connectivity index (χ0n) is 18.5. The van der Waals surface area contributed by atoms with Crippen molar-refractivity contribution in [1.29, 1.82) is 0 Å². The summed E-state index contributed by atoms with van der Waals surface area (Å²) in [5.74, 6) is 2.18. The number of carbonyl (C=O) groups is 1. The van der Waals surface area contributed by atoms with Crippen LogP contribution in [0.25, 0.3) is 0 Å². The minimum Gasteiger partial charge on any atom is -0.497 e. The van der Waals surface area contributed by atoms with Crippen molar-refractivity contribution in [3.8, 4) is 17.2 Å². The first-order chi connectivity index (χ1) is 15.0. The number of aliphatic hydroxyl groups excluding tert-OH is 1. The number of methoxy groups -OCH3 is 3. The van der Waals surface area contributed by atoms with Crippen molar-refractivity contribution in [1.82, 2.24) is 10.2 Å². The second kappa shape index (κ2) is 11.0. The van der Waals surface area contributed by atoms with Gasteiger partial charge in [-0.2, -0.15) is 0 Å². The van der Waals surface area contributed by atoms with Crippen molar-refractivity contribution in [2.75, 3.05) is 47.5 Å². The molecule has 0 radical (unpaired) electrons. The van der Waals surface area contributed by atoms with Gasteiger partial charge < -0.3 is 24.6 Å². The average Bonchev–Trinajstić information content (AvgIpc) is 2.79. The first-order valence-electron chi connectivity index (χ1n) is 10.6. The van der Waals surface area contributed by atoms with E-state index in [1.807, 2.05) is 47.4 Å². The number of nitrogens with zero attached hydrogens (tertiary/aromatic N) is 1. The maximum Gasteiger partial charge on any atom is 0.234 e. The highest BCUT2D eigenvalue weighted by Gasteiger charge is 2.29. The molecular formula is C24H32N2O5. The van der Waals surface area contributed by atoms with Crippen molar-refractivity contribution in [3.05, 3.63) is 53.6 Å². The Bertz CT molecular complexity index is 873. The summed E-state index contributed by atoms with van der Waals surface area (Å²) in [6.07, 6.45) is 0.986. The number of likely N-dealkylation sites (tertiary alicyclic amines) is 1. The largest absolute Gasteiger partial charge is 0.497 e. The maximum atomic E-state index is 12.4. The fourth-order valence-corrected chi connectivity index (χ4v) is 4.04. The molecule has 2 atom stereocenters. The Kier molecular flexibility index (Phi) is 8.14. The summed E-state index contributed by atoms with van der Waals surface area (Å²) < 4.78 is 15.9. The van der Waals surface area contributed by atoms with Gasteiger partial charge in [0.2, 0.25) is 5.91 Å². The molecule has 0 bridgehead atoms. The number of nitrogens with one attached hydrogen (secondary N) is 1. The lowest BCUT2D eigenvalue weighted by atomic mass is 9.87. The van der Waals surface area contributed by atoms with Gasteiger partial charge in [-0.3, -0.25) is 9.69 Å². The summed E-state index contributed by atoms with van der Waals surface area (Å²) in [6, 6.07) is 13.6. The van der Waals surface area contributed by atoms with E-state index in [2.05, 4.69) is 5.32 Å². The minimum absolute atomic E-state index is 0.0347. The van der Waals surface area contributed by atoms with Crippen LogP contribution in [-0.4, -0.2) is 69.5 Å². The van der Waals surface area contributed by atoms with Gasteiger partial charge in [-0.1, -0.05) is 18.2 Å². The molecule has 0 saturated carbocycles. The monoisotopic (exact) mass is 428 g/mol. The summed E-state index contributed by atoms with van der Waals surface area (Å²) in [4.78, 5) is 14.4. The molecule has 2 aromatic carbocycles. The van der Waals surface area contributed by atoms with Crippen LogP contribution in [0.5, 0.6) is 17.2 Å². The molecule has 0 aliphatic carbocycles. The SMILES string of the molecule is COc1cccc([C@@H]2CCN(CC(=O)NCCc3ccc(OC)c(OC)c3)C[C@@H]2O)c1. The number of amides is 1. The lowest BCUT2D eigenvalue weighted by molar-refractivity contribution is -0.123. The number of hydrogen-bond acceptors (Lipinski definition) is 6. The molecule has 2 N–H and O–H groups in total. The molecule has 1 aliphatic heterocycles. The number of ether oxygens (including phenoxy) is 3. The number of β-amino-alcohol motifs (C(OH)–C–C–N with tert-alkyl or cyclic N) is 1. The van der Waals surface area contributed by atoms with E-state index in [4.69, 9.17) is 14.2 Å². The average molecular weight is 429 g/mol. The molecule has 2 aromatic rings. The number of piperidine rings is 1. The zero-order valence-corrected chi connectivity index (χ0v) is 18.5. The van der Waals surface area contributed by atoms with Crippen LogP contribution >= 0.6 is 0 Å².